The molecule has 0 amide bonds. The molecule has 3 heterocycles. The number of ether oxygens (including phenoxy) is 1. The van der Waals surface area contributed by atoms with Gasteiger partial charge >= 0.3 is 6.18 Å². The van der Waals surface area contributed by atoms with Crippen LogP contribution in [0, 0.1) is 0 Å². The maximum atomic E-state index is 12.5. The molecule has 1 aliphatic rings. The van der Waals surface area contributed by atoms with Gasteiger partial charge in [-0.2, -0.15) is 13.2 Å². The quantitative estimate of drug-likeness (QED) is 0.432. The van der Waals surface area contributed by atoms with Gasteiger partial charge in [-0.15, -0.1) is 0 Å². The van der Waals surface area contributed by atoms with Crippen molar-refractivity contribution in [2.24, 2.45) is 0 Å². The minimum Gasteiger partial charge on any atom is -0.484 e. The molecule has 1 fully saturated rings. The summed E-state index contributed by atoms with van der Waals surface area (Å²) in [6.07, 6.45) is -1.04. The van der Waals surface area contributed by atoms with Crippen LogP contribution in [0.4, 0.5) is 18.9 Å². The van der Waals surface area contributed by atoms with Gasteiger partial charge in [-0.05, 0) is 41.5 Å². The highest BCUT2D eigenvalue weighted by Gasteiger charge is 2.28. The van der Waals surface area contributed by atoms with Crippen molar-refractivity contribution in [1.82, 2.24) is 10.3 Å². The van der Waals surface area contributed by atoms with Crippen LogP contribution in [0.3, 0.4) is 0 Å². The largest absolute Gasteiger partial charge is 0.484 e. The zero-order valence-corrected chi connectivity index (χ0v) is 17.7. The molecule has 1 N–H and O–H groups in total. The standard InChI is InChI=1S/C25H22F3N3O2/c26-25(27,28)16-33-21-3-1-2-18(12-21)22-15-32-23-13-19(14-30-24(22)23)17-4-6-20(7-5-17)31-10-8-29-9-11-31/h1-7,12-15,29H,8-11,16H2. The van der Waals surface area contributed by atoms with Gasteiger partial charge in [0.2, 0.25) is 0 Å². The smallest absolute Gasteiger partial charge is 0.422 e. The van der Waals surface area contributed by atoms with E-state index < -0.39 is 12.8 Å². The Morgan fingerprint density at radius 3 is 2.52 bits per heavy atom. The molecule has 170 valence electrons. The van der Waals surface area contributed by atoms with E-state index in [1.807, 2.05) is 6.07 Å². The molecule has 33 heavy (non-hydrogen) atoms. The van der Waals surface area contributed by atoms with Crippen LogP contribution in [0.2, 0.25) is 0 Å². The van der Waals surface area contributed by atoms with Crippen LogP contribution in [-0.2, 0) is 0 Å². The number of pyridine rings is 1. The summed E-state index contributed by atoms with van der Waals surface area (Å²) < 4.78 is 48.0. The van der Waals surface area contributed by atoms with Crippen molar-refractivity contribution in [3.8, 4) is 28.0 Å². The Labute approximate surface area is 188 Å². The molecule has 0 saturated carbocycles. The van der Waals surface area contributed by atoms with E-state index in [1.54, 1.807) is 30.7 Å². The van der Waals surface area contributed by atoms with E-state index in [-0.39, 0.29) is 5.75 Å². The predicted molar refractivity (Wildman–Crippen MR) is 122 cm³/mol. The number of fused-ring (bicyclic) bond motifs is 1. The van der Waals surface area contributed by atoms with Crippen LogP contribution in [-0.4, -0.2) is 43.9 Å². The number of furan rings is 1. The Balaban J connectivity index is 1.38. The molecule has 8 heteroatoms. The molecule has 2 aromatic heterocycles. The molecule has 0 bridgehead atoms. The van der Waals surface area contributed by atoms with Crippen LogP contribution < -0.4 is 15.0 Å². The summed E-state index contributed by atoms with van der Waals surface area (Å²) in [7, 11) is 0. The SMILES string of the molecule is FC(F)(F)COc1cccc(-c2coc3cc(-c4ccc(N5CCNCC5)cc4)cnc23)c1. The average molecular weight is 453 g/mol. The summed E-state index contributed by atoms with van der Waals surface area (Å²) in [4.78, 5) is 6.94. The third-order valence-corrected chi connectivity index (χ3v) is 5.64. The molecule has 0 atom stereocenters. The average Bonchev–Trinajstić information content (AvgIpc) is 3.27. The van der Waals surface area contributed by atoms with E-state index in [1.165, 1.54) is 11.8 Å². The molecule has 1 aliphatic heterocycles. The molecule has 5 rings (SSSR count). The van der Waals surface area contributed by atoms with Gasteiger partial charge in [0.15, 0.2) is 12.2 Å². The fraction of sp³-hybridized carbons (Fsp3) is 0.240. The molecule has 0 radical (unpaired) electrons. The summed E-state index contributed by atoms with van der Waals surface area (Å²) in [6, 6.07) is 16.8. The van der Waals surface area contributed by atoms with Crippen molar-refractivity contribution in [3.05, 3.63) is 67.1 Å². The van der Waals surface area contributed by atoms with Gasteiger partial charge in [-0.25, -0.2) is 0 Å². The number of anilines is 1. The highest BCUT2D eigenvalue weighted by atomic mass is 19.4. The van der Waals surface area contributed by atoms with Crippen molar-refractivity contribution in [2.45, 2.75) is 6.18 Å². The van der Waals surface area contributed by atoms with E-state index in [0.717, 1.165) is 37.3 Å². The second kappa shape index (κ2) is 8.78. The summed E-state index contributed by atoms with van der Waals surface area (Å²) in [5, 5.41) is 3.36. The summed E-state index contributed by atoms with van der Waals surface area (Å²) in [5.74, 6) is 0.139. The lowest BCUT2D eigenvalue weighted by molar-refractivity contribution is -0.153. The van der Waals surface area contributed by atoms with Crippen molar-refractivity contribution in [2.75, 3.05) is 37.7 Å². The molecular formula is C25H22F3N3O2. The van der Waals surface area contributed by atoms with Gasteiger partial charge in [-0.1, -0.05) is 24.3 Å². The lowest BCUT2D eigenvalue weighted by Gasteiger charge is -2.29. The molecule has 1 saturated heterocycles. The van der Waals surface area contributed by atoms with Gasteiger partial charge in [0, 0.05) is 49.2 Å². The van der Waals surface area contributed by atoms with Crippen molar-refractivity contribution >= 4 is 16.8 Å². The predicted octanol–water partition coefficient (Wildman–Crippen LogP) is 5.51. The summed E-state index contributed by atoms with van der Waals surface area (Å²) in [5.41, 5.74) is 5.78. The zero-order chi connectivity index (χ0) is 22.8. The van der Waals surface area contributed by atoms with E-state index in [2.05, 4.69) is 39.5 Å². The first-order valence-electron chi connectivity index (χ1n) is 10.7. The zero-order valence-electron chi connectivity index (χ0n) is 17.7. The van der Waals surface area contributed by atoms with Crippen molar-refractivity contribution in [3.63, 3.8) is 0 Å². The second-order valence-corrected chi connectivity index (χ2v) is 7.94. The number of benzene rings is 2. The van der Waals surface area contributed by atoms with Crippen LogP contribution in [0.25, 0.3) is 33.4 Å². The van der Waals surface area contributed by atoms with Gasteiger partial charge in [0.05, 0.1) is 0 Å². The van der Waals surface area contributed by atoms with E-state index in [0.29, 0.717) is 22.2 Å². The van der Waals surface area contributed by atoms with E-state index >= 15 is 0 Å². The first-order chi connectivity index (χ1) is 16.0. The first kappa shape index (κ1) is 21.3. The highest BCUT2D eigenvalue weighted by molar-refractivity contribution is 5.92. The van der Waals surface area contributed by atoms with Crippen LogP contribution in [0.15, 0.2) is 71.5 Å². The van der Waals surface area contributed by atoms with Crippen LogP contribution >= 0.6 is 0 Å². The fourth-order valence-corrected chi connectivity index (χ4v) is 3.98. The Bertz CT molecular complexity index is 1250. The Morgan fingerprint density at radius 1 is 0.970 bits per heavy atom. The number of halogens is 3. The first-order valence-corrected chi connectivity index (χ1v) is 10.7. The molecular weight excluding hydrogens is 431 g/mol. The summed E-state index contributed by atoms with van der Waals surface area (Å²) >= 11 is 0. The third kappa shape index (κ3) is 4.80. The minimum absolute atomic E-state index is 0.139. The van der Waals surface area contributed by atoms with Gasteiger partial charge in [0.1, 0.15) is 17.5 Å². The van der Waals surface area contributed by atoms with Gasteiger partial charge in [-0.3, -0.25) is 4.98 Å². The third-order valence-electron chi connectivity index (χ3n) is 5.64. The number of rotatable bonds is 5. The lowest BCUT2D eigenvalue weighted by atomic mass is 10.0. The van der Waals surface area contributed by atoms with Crippen molar-refractivity contribution < 1.29 is 22.3 Å². The Hall–Kier alpha value is -3.52. The maximum Gasteiger partial charge on any atom is 0.422 e. The normalized spacial score (nSPS) is 14.6. The van der Waals surface area contributed by atoms with Gasteiger partial charge in [0.25, 0.3) is 0 Å². The lowest BCUT2D eigenvalue weighted by Crippen LogP contribution is -2.43. The summed E-state index contributed by atoms with van der Waals surface area (Å²) in [6.45, 7) is 2.62. The fourth-order valence-electron chi connectivity index (χ4n) is 3.98. The Kier molecular flexibility index (Phi) is 5.68. The number of nitrogens with zero attached hydrogens (tertiary/aromatic N) is 2. The van der Waals surface area contributed by atoms with Crippen LogP contribution in [0.1, 0.15) is 0 Å². The topological polar surface area (TPSA) is 50.5 Å². The number of hydrogen-bond acceptors (Lipinski definition) is 5. The van der Waals surface area contributed by atoms with Crippen molar-refractivity contribution in [1.29, 1.82) is 0 Å². The number of nitrogens with one attached hydrogen (secondary N) is 1. The molecule has 0 aliphatic carbocycles. The number of aromatic nitrogens is 1. The van der Waals surface area contributed by atoms with Gasteiger partial charge < -0.3 is 19.4 Å². The highest BCUT2D eigenvalue weighted by Crippen LogP contribution is 2.34. The van der Waals surface area contributed by atoms with Crippen LogP contribution in [0.5, 0.6) is 5.75 Å². The molecule has 5 nitrogen and oxygen atoms in total. The number of alkyl halides is 3. The molecule has 2 aromatic carbocycles. The minimum atomic E-state index is -4.39. The molecule has 0 unspecified atom stereocenters. The number of hydrogen-bond donors (Lipinski definition) is 1. The Morgan fingerprint density at radius 2 is 1.76 bits per heavy atom. The molecule has 0 spiro atoms. The number of piperazine rings is 1. The van der Waals surface area contributed by atoms with E-state index in [9.17, 15) is 13.2 Å². The second-order valence-electron chi connectivity index (χ2n) is 7.94. The monoisotopic (exact) mass is 453 g/mol. The maximum absolute atomic E-state index is 12.5. The van der Waals surface area contributed by atoms with E-state index in [4.69, 9.17) is 9.15 Å². The molecule has 4 aromatic rings.